The van der Waals surface area contributed by atoms with E-state index in [4.69, 9.17) is 4.98 Å². The van der Waals surface area contributed by atoms with Gasteiger partial charge in [0, 0.05) is 48.1 Å². The Morgan fingerprint density at radius 2 is 1.39 bits per heavy atom. The molecule has 0 fully saturated rings. The second-order valence-corrected chi connectivity index (χ2v) is 14.9. The highest BCUT2D eigenvalue weighted by Gasteiger charge is 2.27. The lowest BCUT2D eigenvalue weighted by atomic mass is 10.00. The molecule has 0 aliphatic rings. The predicted octanol–water partition coefficient (Wildman–Crippen LogP) is 12.1. The molecule has 0 saturated heterocycles. The Bertz CT molecular complexity index is 2700. The lowest BCUT2D eigenvalue weighted by molar-refractivity contribution is 0.484. The van der Waals surface area contributed by atoms with Gasteiger partial charge in [0.05, 0.1) is 32.7 Å². The Kier molecular flexibility index (Phi) is 6.97. The summed E-state index contributed by atoms with van der Waals surface area (Å²) in [7, 11) is 0. The van der Waals surface area contributed by atoms with E-state index in [9.17, 15) is 5.11 Å². The number of pyridine rings is 1. The Labute approximate surface area is 292 Å². The van der Waals surface area contributed by atoms with E-state index in [1.165, 1.54) is 20.0 Å². The highest BCUT2D eigenvalue weighted by Crippen LogP contribution is 2.51. The van der Waals surface area contributed by atoms with Crippen molar-refractivity contribution in [2.45, 2.75) is 20.8 Å². The van der Waals surface area contributed by atoms with E-state index in [1.807, 2.05) is 30.5 Å². The molecule has 0 aliphatic heterocycles. The van der Waals surface area contributed by atoms with E-state index in [2.05, 4.69) is 127 Å². The first-order valence-corrected chi connectivity index (χ1v) is 17.9. The van der Waals surface area contributed by atoms with E-state index in [-0.39, 0.29) is 5.75 Å². The van der Waals surface area contributed by atoms with Gasteiger partial charge in [-0.15, -0.1) is 22.7 Å². The molecule has 4 heterocycles. The lowest BCUT2D eigenvalue weighted by Crippen LogP contribution is -2.00. The average Bonchev–Trinajstić information content (AvgIpc) is 3.81. The van der Waals surface area contributed by atoms with E-state index >= 15 is 0 Å². The van der Waals surface area contributed by atoms with Crippen LogP contribution in [0.3, 0.4) is 0 Å². The van der Waals surface area contributed by atoms with Gasteiger partial charge in [-0.1, -0.05) is 84.9 Å². The summed E-state index contributed by atoms with van der Waals surface area (Å²) < 4.78 is 4.36. The summed E-state index contributed by atoms with van der Waals surface area (Å²) in [6, 6.07) is 42.1. The SMILES string of the molecule is Cc1cc2c(-c3nc4c(-c5cccc(-c6ccccn6)c5)cccc4n3-c3ccccc3-c3ccccc3)c(O)c3sc(C)c(C)c3c2s1. The van der Waals surface area contributed by atoms with Crippen LogP contribution in [0, 0.1) is 20.8 Å². The van der Waals surface area contributed by atoms with Crippen molar-refractivity contribution in [1.29, 1.82) is 0 Å². The zero-order chi connectivity index (χ0) is 33.2. The maximum Gasteiger partial charge on any atom is 0.150 e. The molecule has 0 spiro atoms. The molecule has 4 nitrogen and oxygen atoms in total. The van der Waals surface area contributed by atoms with Crippen molar-refractivity contribution in [2.24, 2.45) is 0 Å². The van der Waals surface area contributed by atoms with Crippen molar-refractivity contribution in [3.8, 4) is 56.3 Å². The maximum absolute atomic E-state index is 12.3. The van der Waals surface area contributed by atoms with Gasteiger partial charge in [-0.25, -0.2) is 4.98 Å². The van der Waals surface area contributed by atoms with Crippen LogP contribution in [0.25, 0.3) is 81.8 Å². The minimum atomic E-state index is 0.286. The monoisotopic (exact) mass is 669 g/mol. The zero-order valence-corrected chi connectivity index (χ0v) is 28.9. The van der Waals surface area contributed by atoms with Crippen molar-refractivity contribution < 1.29 is 5.11 Å². The third-order valence-electron chi connectivity index (χ3n) is 9.46. The van der Waals surface area contributed by atoms with Crippen LogP contribution in [0.15, 0.2) is 128 Å². The molecule has 6 heteroatoms. The molecular formula is C43H31N3OS2. The van der Waals surface area contributed by atoms with Crippen LogP contribution in [0.5, 0.6) is 5.75 Å². The van der Waals surface area contributed by atoms with Crippen molar-refractivity contribution in [2.75, 3.05) is 0 Å². The summed E-state index contributed by atoms with van der Waals surface area (Å²) in [6.07, 6.45) is 1.83. The molecule has 9 aromatic rings. The van der Waals surface area contributed by atoms with Gasteiger partial charge in [0.1, 0.15) is 11.6 Å². The molecular weight excluding hydrogens is 639 g/mol. The molecule has 0 radical (unpaired) electrons. The normalized spacial score (nSPS) is 11.7. The van der Waals surface area contributed by atoms with Gasteiger partial charge in [0.15, 0.2) is 0 Å². The zero-order valence-electron chi connectivity index (χ0n) is 27.2. The molecule has 236 valence electrons. The molecule has 4 aromatic heterocycles. The number of aromatic hydroxyl groups is 1. The molecule has 5 aromatic carbocycles. The number of nitrogens with zero attached hydrogens (tertiary/aromatic N) is 3. The fourth-order valence-corrected chi connectivity index (χ4v) is 9.38. The van der Waals surface area contributed by atoms with Gasteiger partial charge in [0.2, 0.25) is 0 Å². The molecule has 0 aliphatic carbocycles. The van der Waals surface area contributed by atoms with E-state index in [0.717, 1.165) is 77.1 Å². The lowest BCUT2D eigenvalue weighted by Gasteiger charge is -2.16. The van der Waals surface area contributed by atoms with Crippen LogP contribution in [0.1, 0.15) is 15.3 Å². The fraction of sp³-hybridized carbons (Fsp3) is 0.0698. The van der Waals surface area contributed by atoms with Crippen LogP contribution in [0.4, 0.5) is 0 Å². The Hall–Kier alpha value is -5.56. The fourth-order valence-electron chi connectivity index (χ4n) is 7.07. The highest BCUT2D eigenvalue weighted by atomic mass is 32.1. The number of aromatic nitrogens is 3. The van der Waals surface area contributed by atoms with Crippen LogP contribution < -0.4 is 0 Å². The Balaban J connectivity index is 1.40. The second kappa shape index (κ2) is 11.5. The summed E-state index contributed by atoms with van der Waals surface area (Å²) in [6.45, 7) is 6.45. The molecule has 49 heavy (non-hydrogen) atoms. The minimum absolute atomic E-state index is 0.286. The van der Waals surface area contributed by atoms with Gasteiger partial charge in [-0.05, 0) is 73.9 Å². The third-order valence-corrected chi connectivity index (χ3v) is 11.7. The minimum Gasteiger partial charge on any atom is -0.506 e. The summed E-state index contributed by atoms with van der Waals surface area (Å²) >= 11 is 3.45. The molecule has 0 atom stereocenters. The number of thiophene rings is 2. The number of imidazole rings is 1. The van der Waals surface area contributed by atoms with Gasteiger partial charge in [-0.3, -0.25) is 9.55 Å². The van der Waals surface area contributed by atoms with Crippen molar-refractivity contribution >= 4 is 53.9 Å². The highest BCUT2D eigenvalue weighted by molar-refractivity contribution is 7.23. The van der Waals surface area contributed by atoms with Crippen molar-refractivity contribution in [3.05, 3.63) is 143 Å². The molecule has 0 amide bonds. The number of phenolic OH excluding ortho intramolecular Hbond substituents is 1. The number of rotatable bonds is 5. The summed E-state index contributed by atoms with van der Waals surface area (Å²) in [5.74, 6) is 1.01. The van der Waals surface area contributed by atoms with Crippen LogP contribution in [-0.4, -0.2) is 19.6 Å². The Morgan fingerprint density at radius 1 is 0.653 bits per heavy atom. The van der Waals surface area contributed by atoms with Crippen LogP contribution >= 0.6 is 22.7 Å². The number of hydrogen-bond donors (Lipinski definition) is 1. The first-order valence-electron chi connectivity index (χ1n) is 16.3. The first kappa shape index (κ1) is 29.6. The smallest absolute Gasteiger partial charge is 0.150 e. The van der Waals surface area contributed by atoms with E-state index in [1.54, 1.807) is 22.7 Å². The van der Waals surface area contributed by atoms with Crippen LogP contribution in [0.2, 0.25) is 0 Å². The molecule has 0 unspecified atom stereocenters. The van der Waals surface area contributed by atoms with Gasteiger partial charge < -0.3 is 5.11 Å². The van der Waals surface area contributed by atoms with Crippen molar-refractivity contribution in [3.63, 3.8) is 0 Å². The topological polar surface area (TPSA) is 50.9 Å². The molecule has 1 N–H and O–H groups in total. The third kappa shape index (κ3) is 4.71. The number of aryl methyl sites for hydroxylation is 3. The van der Waals surface area contributed by atoms with Crippen LogP contribution in [-0.2, 0) is 0 Å². The summed E-state index contributed by atoms with van der Waals surface area (Å²) in [5, 5.41) is 14.5. The quantitative estimate of drug-likeness (QED) is 0.198. The van der Waals surface area contributed by atoms with E-state index in [0.29, 0.717) is 0 Å². The largest absolute Gasteiger partial charge is 0.506 e. The molecule has 0 bridgehead atoms. The van der Waals surface area contributed by atoms with Gasteiger partial charge >= 0.3 is 0 Å². The van der Waals surface area contributed by atoms with Gasteiger partial charge in [-0.2, -0.15) is 0 Å². The van der Waals surface area contributed by atoms with E-state index < -0.39 is 0 Å². The standard InChI is InChI=1S/C43H31N3OS2/c1-25-23-33-38(40(47)42-37(41(33)48-25)26(2)27(3)49-42)43-45-39-32(29-15-11-16-30(24-29)34-19-9-10-22-44-34)18-12-21-36(39)46(43)35-20-8-7-17-31(35)28-13-5-4-6-14-28/h4-24,47H,1-3H3. The van der Waals surface area contributed by atoms with Gasteiger partial charge in [0.25, 0.3) is 0 Å². The second-order valence-electron chi connectivity index (χ2n) is 12.4. The number of fused-ring (bicyclic) bond motifs is 4. The predicted molar refractivity (Wildman–Crippen MR) is 207 cm³/mol. The summed E-state index contributed by atoms with van der Waals surface area (Å²) in [4.78, 5) is 12.6. The maximum atomic E-state index is 12.3. The average molecular weight is 670 g/mol. The van der Waals surface area contributed by atoms with Crippen molar-refractivity contribution in [1.82, 2.24) is 14.5 Å². The number of phenols is 1. The Morgan fingerprint density at radius 3 is 2.22 bits per heavy atom. The first-order chi connectivity index (χ1) is 24.0. The number of hydrogen-bond acceptors (Lipinski definition) is 5. The summed E-state index contributed by atoms with van der Waals surface area (Å²) in [5.41, 5.74) is 11.1. The number of benzene rings is 5. The number of para-hydroxylation sites is 2. The molecule has 9 rings (SSSR count). The molecule has 0 saturated carbocycles.